The number of likely N-dealkylation sites (N-methyl/N-ethyl adjacent to an activating group) is 1. The van der Waals surface area contributed by atoms with Gasteiger partial charge in [-0.25, -0.2) is 0 Å². The van der Waals surface area contributed by atoms with Gasteiger partial charge in [-0.1, -0.05) is 78.1 Å². The molecule has 38 heavy (non-hydrogen) atoms. The lowest BCUT2D eigenvalue weighted by Crippen LogP contribution is -3.00. The second-order valence-corrected chi connectivity index (χ2v) is 13.1. The highest BCUT2D eigenvalue weighted by Crippen LogP contribution is 2.23. The predicted molar refractivity (Wildman–Crippen MR) is 155 cm³/mol. The zero-order chi connectivity index (χ0) is 27.6. The summed E-state index contributed by atoms with van der Waals surface area (Å²) >= 11 is 0. The van der Waals surface area contributed by atoms with Crippen molar-refractivity contribution < 1.29 is 43.4 Å². The van der Waals surface area contributed by atoms with E-state index in [2.05, 4.69) is 66.8 Å². The number of hydrogen-bond donors (Lipinski definition) is 2. The largest absolute Gasteiger partial charge is 1.00 e. The number of unbranched alkanes of at least 4 members (excludes halogenated alkanes) is 8. The van der Waals surface area contributed by atoms with Gasteiger partial charge < -0.3 is 44.4 Å². The average molecular weight is 584 g/mol. The minimum absolute atomic E-state index is 0. The smallest absolute Gasteiger partial charge is 0.224 e. The van der Waals surface area contributed by atoms with E-state index in [1.807, 2.05) is 6.92 Å². The van der Waals surface area contributed by atoms with Crippen LogP contribution in [0.15, 0.2) is 0 Å². The van der Waals surface area contributed by atoms with E-state index in [-0.39, 0.29) is 48.8 Å². The van der Waals surface area contributed by atoms with Crippen molar-refractivity contribution in [3.8, 4) is 0 Å². The lowest BCUT2D eigenvalue weighted by molar-refractivity contribution is -0.899. The van der Waals surface area contributed by atoms with Crippen LogP contribution in [0.1, 0.15) is 117 Å². The van der Waals surface area contributed by atoms with Crippen LogP contribution >= 0.6 is 0 Å². The fraction of sp³-hybridized carbons (Fsp3) is 0.933. The molecule has 3 atom stereocenters. The monoisotopic (exact) mass is 582 g/mol. The summed E-state index contributed by atoms with van der Waals surface area (Å²) in [6.07, 6.45) is 17.3. The third-order valence-electron chi connectivity index (χ3n) is 7.18. The van der Waals surface area contributed by atoms with Crippen molar-refractivity contribution in [1.29, 1.82) is 0 Å². The molecule has 1 saturated heterocycles. The fourth-order valence-electron chi connectivity index (χ4n) is 5.15. The van der Waals surface area contributed by atoms with E-state index in [1.165, 1.54) is 70.8 Å². The van der Waals surface area contributed by atoms with Crippen LogP contribution in [0.4, 0.5) is 0 Å². The molecule has 0 saturated carbocycles. The normalized spacial score (nSPS) is 20.9. The molecular weight excluding hydrogens is 519 g/mol. The first-order valence-corrected chi connectivity index (χ1v) is 15.0. The summed E-state index contributed by atoms with van der Waals surface area (Å²) in [7, 11) is 12.8. The molecule has 0 radical (unpaired) electrons. The van der Waals surface area contributed by atoms with Crippen LogP contribution in [0.2, 0.25) is 0 Å². The number of nitrogens with one attached hydrogen (secondary N) is 2. The molecule has 0 aromatic rings. The van der Waals surface area contributed by atoms with Crippen molar-refractivity contribution in [2.45, 2.75) is 129 Å². The molecule has 6 nitrogen and oxygen atoms in total. The van der Waals surface area contributed by atoms with Gasteiger partial charge in [0.2, 0.25) is 11.8 Å². The molecule has 1 rings (SSSR count). The Bertz CT molecular complexity index is 592. The number of quaternary nitrogens is 2. The maximum Gasteiger partial charge on any atom is 0.224 e. The third kappa shape index (κ3) is 23.3. The number of carbonyl (C=O) groups excluding carboxylic acids is 2. The minimum atomic E-state index is -0.111. The van der Waals surface area contributed by atoms with Crippen LogP contribution in [-0.2, 0) is 9.59 Å². The van der Waals surface area contributed by atoms with Crippen molar-refractivity contribution >= 4 is 11.8 Å². The van der Waals surface area contributed by atoms with E-state index in [0.717, 1.165) is 23.7 Å². The van der Waals surface area contributed by atoms with Crippen molar-refractivity contribution in [1.82, 2.24) is 10.6 Å². The Labute approximate surface area is 249 Å². The SMILES string of the molecule is CCCCCCCCCCCC1CCC(=O)NC(C)C([N+](C)(C)C)NC(=O)CC1.CCC[N+](C)(C)C.[Cl-].[Cl-]. The molecule has 1 aliphatic heterocycles. The highest BCUT2D eigenvalue weighted by Gasteiger charge is 2.33. The predicted octanol–water partition coefficient (Wildman–Crippen LogP) is -0.139. The van der Waals surface area contributed by atoms with Crippen molar-refractivity contribution in [3.63, 3.8) is 0 Å². The number of amides is 2. The molecule has 0 aromatic heterocycles. The zero-order valence-electron chi connectivity index (χ0n) is 26.5. The molecule has 1 aliphatic rings. The van der Waals surface area contributed by atoms with E-state index >= 15 is 0 Å². The van der Waals surface area contributed by atoms with Gasteiger partial charge in [0.1, 0.15) is 0 Å². The van der Waals surface area contributed by atoms with Crippen LogP contribution in [0.25, 0.3) is 0 Å². The number of carbonyl (C=O) groups is 2. The Kier molecular flexibility index (Phi) is 25.6. The molecule has 230 valence electrons. The van der Waals surface area contributed by atoms with E-state index in [4.69, 9.17) is 0 Å². The van der Waals surface area contributed by atoms with Gasteiger partial charge >= 0.3 is 0 Å². The molecule has 3 unspecified atom stereocenters. The molecule has 0 spiro atoms. The molecule has 2 amide bonds. The van der Waals surface area contributed by atoms with Gasteiger partial charge in [0.05, 0.1) is 54.9 Å². The summed E-state index contributed by atoms with van der Waals surface area (Å²) in [6, 6.07) is -0.0830. The van der Waals surface area contributed by atoms with Gasteiger partial charge in [-0.15, -0.1) is 0 Å². The van der Waals surface area contributed by atoms with Crippen molar-refractivity contribution in [3.05, 3.63) is 0 Å². The molecule has 0 aromatic carbocycles. The zero-order valence-corrected chi connectivity index (χ0v) is 28.0. The van der Waals surface area contributed by atoms with Crippen molar-refractivity contribution in [2.75, 3.05) is 48.8 Å². The Balaban J connectivity index is -0.00000120. The number of rotatable bonds is 13. The Morgan fingerprint density at radius 3 is 1.53 bits per heavy atom. The Morgan fingerprint density at radius 2 is 1.13 bits per heavy atom. The van der Waals surface area contributed by atoms with Crippen LogP contribution in [0, 0.1) is 5.92 Å². The lowest BCUT2D eigenvalue weighted by atomic mass is 9.91. The topological polar surface area (TPSA) is 58.2 Å². The van der Waals surface area contributed by atoms with E-state index in [0.29, 0.717) is 23.2 Å². The van der Waals surface area contributed by atoms with Crippen molar-refractivity contribution in [2.24, 2.45) is 5.92 Å². The summed E-state index contributed by atoms with van der Waals surface area (Å²) in [5, 5.41) is 6.28. The van der Waals surface area contributed by atoms with Gasteiger partial charge in [-0.05, 0) is 32.1 Å². The molecule has 8 heteroatoms. The minimum Gasteiger partial charge on any atom is -1.00 e. The molecule has 0 aliphatic carbocycles. The standard InChI is InChI=1S/C24H47N3O2.C6H16N.2ClH/c1-6-7-8-9-10-11-12-13-14-15-21-16-18-22(28)25-20(2)24(27(3,4)5)26-23(29)19-17-21;1-5-6-7(2,3)4;;/h20-21,24H,6-19H2,1-5H3,(H-,25,26,28,29);5-6H2,1-4H3;2*1H/q;+1;;/p-1. The maximum atomic E-state index is 12.5. The first kappa shape index (κ1) is 41.9. The summed E-state index contributed by atoms with van der Waals surface area (Å²) in [5.74, 6) is 0.708. The van der Waals surface area contributed by atoms with E-state index < -0.39 is 0 Å². The quantitative estimate of drug-likeness (QED) is 0.234. The number of hydrogen-bond acceptors (Lipinski definition) is 2. The first-order valence-electron chi connectivity index (χ1n) is 15.0. The lowest BCUT2D eigenvalue weighted by Gasteiger charge is -2.38. The van der Waals surface area contributed by atoms with Crippen LogP contribution < -0.4 is 35.4 Å². The van der Waals surface area contributed by atoms with Crippen LogP contribution in [-0.4, -0.2) is 81.8 Å². The Hall–Kier alpha value is -0.560. The summed E-state index contributed by atoms with van der Waals surface area (Å²) < 4.78 is 1.69. The van der Waals surface area contributed by atoms with Gasteiger partial charge in [0, 0.05) is 12.8 Å². The third-order valence-corrected chi connectivity index (χ3v) is 7.18. The van der Waals surface area contributed by atoms with Gasteiger partial charge in [0.15, 0.2) is 6.17 Å². The summed E-state index contributed by atoms with van der Waals surface area (Å²) in [5.41, 5.74) is 0. The second kappa shape index (κ2) is 23.2. The highest BCUT2D eigenvalue weighted by molar-refractivity contribution is 5.78. The molecule has 0 bridgehead atoms. The van der Waals surface area contributed by atoms with Gasteiger partial charge in [-0.2, -0.15) is 0 Å². The summed E-state index contributed by atoms with van der Waals surface area (Å²) in [4.78, 5) is 24.9. The van der Waals surface area contributed by atoms with Gasteiger partial charge in [0.25, 0.3) is 0 Å². The average Bonchev–Trinajstić information content (AvgIpc) is 2.78. The molecule has 1 fully saturated rings. The molecule has 2 N–H and O–H groups in total. The van der Waals surface area contributed by atoms with Gasteiger partial charge in [-0.3, -0.25) is 9.59 Å². The van der Waals surface area contributed by atoms with E-state index in [1.54, 1.807) is 0 Å². The molecular formula is C30H64Cl2N4O2. The van der Waals surface area contributed by atoms with Crippen LogP contribution in [0.3, 0.4) is 0 Å². The molecule has 1 heterocycles. The highest BCUT2D eigenvalue weighted by atomic mass is 35.5. The first-order chi connectivity index (χ1) is 16.8. The second-order valence-electron chi connectivity index (χ2n) is 13.1. The van der Waals surface area contributed by atoms with Crippen LogP contribution in [0.5, 0.6) is 0 Å². The fourth-order valence-corrected chi connectivity index (χ4v) is 5.15. The Morgan fingerprint density at radius 1 is 0.684 bits per heavy atom. The maximum absolute atomic E-state index is 12.5. The van der Waals surface area contributed by atoms with E-state index in [9.17, 15) is 9.59 Å². The number of nitrogens with zero attached hydrogens (tertiary/aromatic N) is 2. The number of halogens is 2. The summed E-state index contributed by atoms with van der Waals surface area (Å²) in [6.45, 7) is 7.74.